The van der Waals surface area contributed by atoms with Crippen molar-refractivity contribution in [3.63, 3.8) is 0 Å². The van der Waals surface area contributed by atoms with Crippen LogP contribution in [0.5, 0.6) is 0 Å². The van der Waals surface area contributed by atoms with E-state index in [-0.39, 0.29) is 17.2 Å². The summed E-state index contributed by atoms with van der Waals surface area (Å²) in [6, 6.07) is 9.25. The smallest absolute Gasteiger partial charge is 0.240 e. The number of hydrogen-bond acceptors (Lipinski definition) is 2. The number of para-hydroxylation sites is 1. The van der Waals surface area contributed by atoms with Crippen molar-refractivity contribution in [2.45, 2.75) is 32.1 Å². The van der Waals surface area contributed by atoms with Gasteiger partial charge in [-0.05, 0) is 25.0 Å². The van der Waals surface area contributed by atoms with Gasteiger partial charge in [-0.3, -0.25) is 14.5 Å². The number of carbonyl (C=O) groups excluding carboxylic acids is 2. The van der Waals surface area contributed by atoms with Crippen LogP contribution in [0.4, 0.5) is 5.69 Å². The van der Waals surface area contributed by atoms with Crippen LogP contribution < -0.4 is 4.90 Å². The van der Waals surface area contributed by atoms with E-state index in [0.717, 1.165) is 25.7 Å². The Balaban J connectivity index is 1.97. The number of benzene rings is 1. The first kappa shape index (κ1) is 10.5. The number of hydrogen-bond donors (Lipinski definition) is 0. The van der Waals surface area contributed by atoms with Gasteiger partial charge in [-0.25, -0.2) is 0 Å². The number of rotatable bonds is 1. The lowest BCUT2D eigenvalue weighted by Crippen LogP contribution is -2.34. The fourth-order valence-corrected chi connectivity index (χ4v) is 3.08. The highest BCUT2D eigenvalue weighted by Gasteiger charge is 2.52. The summed E-state index contributed by atoms with van der Waals surface area (Å²) in [5, 5.41) is 0. The van der Waals surface area contributed by atoms with Crippen LogP contribution in [-0.2, 0) is 9.59 Å². The van der Waals surface area contributed by atoms with E-state index < -0.39 is 0 Å². The normalized spacial score (nSPS) is 22.7. The van der Waals surface area contributed by atoms with Crippen LogP contribution in [0.2, 0.25) is 0 Å². The molecule has 0 radical (unpaired) electrons. The minimum Gasteiger partial charge on any atom is -0.274 e. The van der Waals surface area contributed by atoms with E-state index >= 15 is 0 Å². The predicted octanol–water partition coefficient (Wildman–Crippen LogP) is 2.51. The third-order valence-electron chi connectivity index (χ3n) is 3.97. The third-order valence-corrected chi connectivity index (χ3v) is 3.97. The second-order valence-corrected chi connectivity index (χ2v) is 5.03. The molecule has 1 aliphatic carbocycles. The average Bonchev–Trinajstić information content (AvgIpc) is 2.88. The molecule has 0 N–H and O–H groups in total. The van der Waals surface area contributed by atoms with Gasteiger partial charge < -0.3 is 0 Å². The van der Waals surface area contributed by atoms with Crippen molar-refractivity contribution in [3.8, 4) is 0 Å². The molecule has 2 amide bonds. The lowest BCUT2D eigenvalue weighted by molar-refractivity contribution is -0.125. The van der Waals surface area contributed by atoms with Crippen LogP contribution in [-0.4, -0.2) is 11.8 Å². The summed E-state index contributed by atoms with van der Waals surface area (Å²) in [6.07, 6.45) is 4.30. The van der Waals surface area contributed by atoms with Gasteiger partial charge in [0.15, 0.2) is 0 Å². The highest BCUT2D eigenvalue weighted by molar-refractivity contribution is 6.22. The zero-order valence-corrected chi connectivity index (χ0v) is 9.69. The first-order chi connectivity index (χ1) is 8.23. The zero-order valence-electron chi connectivity index (χ0n) is 9.69. The first-order valence-electron chi connectivity index (χ1n) is 6.15. The molecule has 0 unspecified atom stereocenters. The highest BCUT2D eigenvalue weighted by Crippen LogP contribution is 2.47. The van der Waals surface area contributed by atoms with E-state index in [4.69, 9.17) is 0 Å². The van der Waals surface area contributed by atoms with Gasteiger partial charge in [-0.1, -0.05) is 31.0 Å². The largest absolute Gasteiger partial charge is 0.274 e. The summed E-state index contributed by atoms with van der Waals surface area (Å²) in [5.41, 5.74) is 0.346. The van der Waals surface area contributed by atoms with Crippen LogP contribution in [0, 0.1) is 5.41 Å². The molecule has 2 fully saturated rings. The summed E-state index contributed by atoms with van der Waals surface area (Å²) >= 11 is 0. The van der Waals surface area contributed by atoms with E-state index in [9.17, 15) is 9.59 Å². The fraction of sp³-hybridized carbons (Fsp3) is 0.429. The Morgan fingerprint density at radius 3 is 2.29 bits per heavy atom. The Morgan fingerprint density at radius 2 is 1.65 bits per heavy atom. The second-order valence-electron chi connectivity index (χ2n) is 5.03. The third kappa shape index (κ3) is 1.49. The van der Waals surface area contributed by atoms with Crippen molar-refractivity contribution in [2.75, 3.05) is 4.90 Å². The molecule has 1 spiro atoms. The van der Waals surface area contributed by atoms with Gasteiger partial charge in [0.2, 0.25) is 11.8 Å². The van der Waals surface area contributed by atoms with E-state index in [1.165, 1.54) is 4.90 Å². The van der Waals surface area contributed by atoms with Gasteiger partial charge in [-0.15, -0.1) is 0 Å². The number of anilines is 1. The Hall–Kier alpha value is -1.64. The highest BCUT2D eigenvalue weighted by atomic mass is 16.2. The molecule has 1 aromatic rings. The van der Waals surface area contributed by atoms with E-state index in [2.05, 4.69) is 0 Å². The predicted molar refractivity (Wildman–Crippen MR) is 64.5 cm³/mol. The van der Waals surface area contributed by atoms with E-state index in [1.54, 1.807) is 0 Å². The summed E-state index contributed by atoms with van der Waals surface area (Å²) < 4.78 is 0. The molecule has 17 heavy (non-hydrogen) atoms. The standard InChI is InChI=1S/C14H15NO2/c16-12-10-14(8-4-5-9-14)13(17)15(12)11-6-2-1-3-7-11/h1-3,6-7H,4-5,8-10H2. The summed E-state index contributed by atoms with van der Waals surface area (Å²) in [6.45, 7) is 0. The molecule has 0 bridgehead atoms. The quantitative estimate of drug-likeness (QED) is 0.694. The fourth-order valence-electron chi connectivity index (χ4n) is 3.08. The molecule has 3 nitrogen and oxygen atoms in total. The Morgan fingerprint density at radius 1 is 1.00 bits per heavy atom. The molecule has 2 aliphatic rings. The maximum Gasteiger partial charge on any atom is 0.240 e. The van der Waals surface area contributed by atoms with Crippen LogP contribution in [0.25, 0.3) is 0 Å². The number of amides is 2. The molecule has 88 valence electrons. The van der Waals surface area contributed by atoms with Gasteiger partial charge in [0.1, 0.15) is 0 Å². The SMILES string of the molecule is O=C1CC2(CCCC2)C(=O)N1c1ccccc1. The molecule has 3 heteroatoms. The number of nitrogens with zero attached hydrogens (tertiary/aromatic N) is 1. The molecule has 1 aliphatic heterocycles. The van der Waals surface area contributed by atoms with Crippen molar-refractivity contribution in [1.82, 2.24) is 0 Å². The maximum atomic E-state index is 12.4. The number of imide groups is 1. The molecular weight excluding hydrogens is 214 g/mol. The van der Waals surface area contributed by atoms with Crippen molar-refractivity contribution < 1.29 is 9.59 Å². The molecule has 1 aromatic carbocycles. The van der Waals surface area contributed by atoms with Gasteiger partial charge in [-0.2, -0.15) is 0 Å². The minimum atomic E-state index is -0.368. The lowest BCUT2D eigenvalue weighted by Gasteiger charge is -2.20. The molecule has 0 atom stereocenters. The molecule has 1 saturated carbocycles. The average molecular weight is 229 g/mol. The van der Waals surface area contributed by atoms with Crippen LogP contribution in [0.15, 0.2) is 30.3 Å². The first-order valence-corrected chi connectivity index (χ1v) is 6.15. The molecule has 1 saturated heterocycles. The Bertz CT molecular complexity index is 460. The topological polar surface area (TPSA) is 37.4 Å². The van der Waals surface area contributed by atoms with E-state index in [0.29, 0.717) is 12.1 Å². The Labute approximate surface area is 100 Å². The van der Waals surface area contributed by atoms with Gasteiger partial charge in [0, 0.05) is 6.42 Å². The van der Waals surface area contributed by atoms with Crippen molar-refractivity contribution in [1.29, 1.82) is 0 Å². The number of carbonyl (C=O) groups is 2. The van der Waals surface area contributed by atoms with Gasteiger partial charge in [0.05, 0.1) is 11.1 Å². The van der Waals surface area contributed by atoms with Crippen molar-refractivity contribution in [3.05, 3.63) is 30.3 Å². The van der Waals surface area contributed by atoms with Crippen molar-refractivity contribution in [2.24, 2.45) is 5.41 Å². The summed E-state index contributed by atoms with van der Waals surface area (Å²) in [4.78, 5) is 25.9. The van der Waals surface area contributed by atoms with Gasteiger partial charge >= 0.3 is 0 Å². The monoisotopic (exact) mass is 229 g/mol. The van der Waals surface area contributed by atoms with Crippen LogP contribution in [0.1, 0.15) is 32.1 Å². The molecular formula is C14H15NO2. The maximum absolute atomic E-state index is 12.4. The Kier molecular flexibility index (Phi) is 2.28. The molecule has 1 heterocycles. The van der Waals surface area contributed by atoms with E-state index in [1.807, 2.05) is 30.3 Å². The van der Waals surface area contributed by atoms with Gasteiger partial charge in [0.25, 0.3) is 0 Å². The molecule has 3 rings (SSSR count). The van der Waals surface area contributed by atoms with Crippen LogP contribution >= 0.6 is 0 Å². The zero-order chi connectivity index (χ0) is 11.9. The van der Waals surface area contributed by atoms with Crippen molar-refractivity contribution >= 4 is 17.5 Å². The second kappa shape index (κ2) is 3.69. The molecule has 0 aromatic heterocycles. The summed E-state index contributed by atoms with van der Waals surface area (Å²) in [7, 11) is 0. The lowest BCUT2D eigenvalue weighted by atomic mass is 9.84. The summed E-state index contributed by atoms with van der Waals surface area (Å²) in [5.74, 6) is -0.0192. The minimum absolute atomic E-state index is 0.0196. The van der Waals surface area contributed by atoms with Crippen LogP contribution in [0.3, 0.4) is 0 Å².